The van der Waals surface area contributed by atoms with E-state index in [0.717, 1.165) is 11.1 Å². The van der Waals surface area contributed by atoms with E-state index in [1.54, 1.807) is 18.5 Å². The van der Waals surface area contributed by atoms with E-state index in [4.69, 9.17) is 4.42 Å². The van der Waals surface area contributed by atoms with Crippen LogP contribution in [-0.2, 0) is 16.6 Å². The van der Waals surface area contributed by atoms with Crippen molar-refractivity contribution in [1.82, 2.24) is 9.71 Å². The molecule has 0 saturated heterocycles. The van der Waals surface area contributed by atoms with Crippen LogP contribution in [0, 0.1) is 6.92 Å². The van der Waals surface area contributed by atoms with Crippen molar-refractivity contribution in [2.75, 3.05) is 0 Å². The molecule has 0 aliphatic carbocycles. The fourth-order valence-corrected chi connectivity index (χ4v) is 2.41. The minimum Gasteiger partial charge on any atom is -0.440 e. The van der Waals surface area contributed by atoms with Gasteiger partial charge in [-0.2, -0.15) is 0 Å². The number of nitrogens with one attached hydrogen (secondary N) is 1. The maximum Gasteiger partial charge on any atom is 0.274 e. The topological polar surface area (TPSA) is 89.3 Å². The summed E-state index contributed by atoms with van der Waals surface area (Å²) in [4.78, 5) is 14.4. The van der Waals surface area contributed by atoms with Gasteiger partial charge in [-0.25, -0.2) is 13.1 Å². The third kappa shape index (κ3) is 3.07. The summed E-state index contributed by atoms with van der Waals surface area (Å²) >= 11 is 0. The lowest BCUT2D eigenvalue weighted by Gasteiger charge is -2.06. The second-order valence-corrected chi connectivity index (χ2v) is 5.60. The van der Waals surface area contributed by atoms with Crippen molar-refractivity contribution in [3.05, 3.63) is 47.5 Å². The lowest BCUT2D eigenvalue weighted by molar-refractivity contribution is 0.109. The van der Waals surface area contributed by atoms with Crippen LogP contribution < -0.4 is 4.72 Å². The van der Waals surface area contributed by atoms with Crippen LogP contribution in [0.15, 0.2) is 40.1 Å². The molecule has 0 radical (unpaired) electrons. The first-order valence-electron chi connectivity index (χ1n) is 5.47. The van der Waals surface area contributed by atoms with Gasteiger partial charge in [-0.3, -0.25) is 9.78 Å². The highest BCUT2D eigenvalue weighted by molar-refractivity contribution is 7.89. The molecule has 0 atom stereocenters. The number of carbonyl (C=O) groups excluding carboxylic acids is 1. The number of hydrogen-bond acceptors (Lipinski definition) is 5. The predicted molar refractivity (Wildman–Crippen MR) is 67.1 cm³/mol. The Morgan fingerprint density at radius 3 is 2.79 bits per heavy atom. The second-order valence-electron chi connectivity index (χ2n) is 3.90. The largest absolute Gasteiger partial charge is 0.440 e. The van der Waals surface area contributed by atoms with Gasteiger partial charge in [0.05, 0.1) is 0 Å². The number of rotatable bonds is 5. The first-order chi connectivity index (χ1) is 9.03. The third-order valence-electron chi connectivity index (χ3n) is 2.58. The van der Waals surface area contributed by atoms with Crippen molar-refractivity contribution in [3.63, 3.8) is 0 Å². The van der Waals surface area contributed by atoms with Crippen molar-refractivity contribution in [1.29, 1.82) is 0 Å². The average molecular weight is 280 g/mol. The quantitative estimate of drug-likeness (QED) is 0.833. The zero-order valence-corrected chi connectivity index (χ0v) is 11.0. The highest BCUT2D eigenvalue weighted by Crippen LogP contribution is 2.13. The molecule has 0 bridgehead atoms. The number of hydrogen-bond donors (Lipinski definition) is 1. The van der Waals surface area contributed by atoms with E-state index in [2.05, 4.69) is 9.71 Å². The normalized spacial score (nSPS) is 11.4. The van der Waals surface area contributed by atoms with E-state index in [1.807, 2.05) is 6.92 Å². The van der Waals surface area contributed by atoms with Gasteiger partial charge >= 0.3 is 0 Å². The summed E-state index contributed by atoms with van der Waals surface area (Å²) in [6.07, 6.45) is 3.68. The zero-order valence-electron chi connectivity index (χ0n) is 10.2. The first kappa shape index (κ1) is 13.4. The third-order valence-corrected chi connectivity index (χ3v) is 3.86. The molecule has 19 heavy (non-hydrogen) atoms. The number of aryl methyl sites for hydroxylation is 1. The lowest BCUT2D eigenvalue weighted by Crippen LogP contribution is -2.23. The summed E-state index contributed by atoms with van der Waals surface area (Å²) < 4.78 is 31.1. The van der Waals surface area contributed by atoms with E-state index in [0.29, 0.717) is 6.29 Å². The van der Waals surface area contributed by atoms with E-state index in [9.17, 15) is 13.2 Å². The molecule has 100 valence electrons. The van der Waals surface area contributed by atoms with E-state index in [-0.39, 0.29) is 17.4 Å². The van der Waals surface area contributed by atoms with Gasteiger partial charge in [0.25, 0.3) is 10.0 Å². The van der Waals surface area contributed by atoms with Gasteiger partial charge < -0.3 is 4.42 Å². The lowest BCUT2D eigenvalue weighted by atomic mass is 10.2. The SMILES string of the molecule is Cc1ccncc1CNS(=O)(=O)c1ccc(C=O)o1. The molecule has 0 amide bonds. The maximum atomic E-state index is 11.9. The van der Waals surface area contributed by atoms with Gasteiger partial charge in [0.15, 0.2) is 12.0 Å². The Kier molecular flexibility index (Phi) is 3.77. The molecule has 0 aliphatic heterocycles. The number of sulfonamides is 1. The van der Waals surface area contributed by atoms with Crippen LogP contribution in [0.3, 0.4) is 0 Å². The van der Waals surface area contributed by atoms with Gasteiger partial charge in [0, 0.05) is 18.9 Å². The fourth-order valence-electron chi connectivity index (χ4n) is 1.47. The Morgan fingerprint density at radius 1 is 1.37 bits per heavy atom. The number of carbonyl (C=O) groups is 1. The number of aldehydes is 1. The van der Waals surface area contributed by atoms with Crippen LogP contribution in [0.2, 0.25) is 0 Å². The number of pyridine rings is 1. The van der Waals surface area contributed by atoms with E-state index >= 15 is 0 Å². The highest BCUT2D eigenvalue weighted by atomic mass is 32.2. The minimum absolute atomic E-state index is 0.0297. The fraction of sp³-hybridized carbons (Fsp3) is 0.167. The van der Waals surface area contributed by atoms with Crippen molar-refractivity contribution in [3.8, 4) is 0 Å². The zero-order chi connectivity index (χ0) is 13.9. The Morgan fingerprint density at radius 2 is 2.16 bits per heavy atom. The van der Waals surface area contributed by atoms with Crippen molar-refractivity contribution in [2.45, 2.75) is 18.6 Å². The number of furan rings is 1. The molecule has 2 aromatic rings. The Labute approximate surface area is 110 Å². The molecule has 2 rings (SSSR count). The van der Waals surface area contributed by atoms with Gasteiger partial charge in [-0.1, -0.05) is 0 Å². The maximum absolute atomic E-state index is 11.9. The Balaban J connectivity index is 2.14. The van der Waals surface area contributed by atoms with Crippen LogP contribution >= 0.6 is 0 Å². The van der Waals surface area contributed by atoms with Crippen LogP contribution in [-0.4, -0.2) is 19.7 Å². The average Bonchev–Trinajstić information content (AvgIpc) is 2.87. The smallest absolute Gasteiger partial charge is 0.274 e. The minimum atomic E-state index is -3.77. The molecular weight excluding hydrogens is 268 g/mol. The van der Waals surface area contributed by atoms with E-state index in [1.165, 1.54) is 12.1 Å². The molecule has 0 unspecified atom stereocenters. The van der Waals surface area contributed by atoms with Gasteiger partial charge in [0.2, 0.25) is 5.09 Å². The molecule has 0 aliphatic rings. The van der Waals surface area contributed by atoms with Gasteiger partial charge in [0.1, 0.15) is 0 Å². The van der Waals surface area contributed by atoms with Gasteiger partial charge in [-0.05, 0) is 36.2 Å². The number of nitrogens with zero attached hydrogens (tertiary/aromatic N) is 1. The summed E-state index contributed by atoms with van der Waals surface area (Å²) in [5.74, 6) is -0.0297. The van der Waals surface area contributed by atoms with Crippen molar-refractivity contribution < 1.29 is 17.6 Å². The molecular formula is C12H12N2O4S. The van der Waals surface area contributed by atoms with Crippen molar-refractivity contribution in [2.24, 2.45) is 0 Å². The van der Waals surface area contributed by atoms with Crippen LogP contribution in [0.1, 0.15) is 21.7 Å². The summed E-state index contributed by atoms with van der Waals surface area (Å²) in [5, 5.41) is -0.281. The molecule has 0 aromatic carbocycles. The summed E-state index contributed by atoms with van der Waals surface area (Å²) in [5.41, 5.74) is 1.71. The molecule has 2 aromatic heterocycles. The standard InChI is InChI=1S/C12H12N2O4S/c1-9-4-5-13-6-10(9)7-14-19(16,17)12-3-2-11(8-15)18-12/h2-6,8,14H,7H2,1H3. The molecule has 6 nitrogen and oxygen atoms in total. The molecule has 2 heterocycles. The van der Waals surface area contributed by atoms with Crippen molar-refractivity contribution >= 4 is 16.3 Å². The highest BCUT2D eigenvalue weighted by Gasteiger charge is 2.18. The molecule has 1 N–H and O–H groups in total. The summed E-state index contributed by atoms with van der Waals surface area (Å²) in [6, 6.07) is 4.33. The summed E-state index contributed by atoms with van der Waals surface area (Å²) in [7, 11) is -3.77. The van der Waals surface area contributed by atoms with Crippen LogP contribution in [0.4, 0.5) is 0 Å². The van der Waals surface area contributed by atoms with Crippen LogP contribution in [0.5, 0.6) is 0 Å². The monoisotopic (exact) mass is 280 g/mol. The Hall–Kier alpha value is -1.99. The van der Waals surface area contributed by atoms with Crippen LogP contribution in [0.25, 0.3) is 0 Å². The molecule has 0 fully saturated rings. The Bertz CT molecular complexity index is 691. The first-order valence-corrected chi connectivity index (χ1v) is 6.95. The van der Waals surface area contributed by atoms with Gasteiger partial charge in [-0.15, -0.1) is 0 Å². The number of aromatic nitrogens is 1. The molecule has 0 saturated carbocycles. The summed E-state index contributed by atoms with van der Waals surface area (Å²) in [6.45, 7) is 1.97. The molecule has 0 spiro atoms. The molecule has 7 heteroatoms. The van der Waals surface area contributed by atoms with E-state index < -0.39 is 10.0 Å². The second kappa shape index (κ2) is 5.33. The predicted octanol–water partition coefficient (Wildman–Crippen LogP) is 1.27.